The molecule has 1 nitrogen and oxygen atoms in total. The molecule has 18 heavy (non-hydrogen) atoms. The van der Waals surface area contributed by atoms with Crippen molar-refractivity contribution in [3.63, 3.8) is 0 Å². The summed E-state index contributed by atoms with van der Waals surface area (Å²) < 4.78 is 13.1. The van der Waals surface area contributed by atoms with Gasteiger partial charge in [-0.25, -0.2) is 4.39 Å². The van der Waals surface area contributed by atoms with Gasteiger partial charge in [0.2, 0.25) is 0 Å². The second kappa shape index (κ2) is 9.40. The van der Waals surface area contributed by atoms with Crippen molar-refractivity contribution < 1.29 is 4.39 Å². The lowest BCUT2D eigenvalue weighted by atomic mass is 10.1. The third-order valence-electron chi connectivity index (χ3n) is 2.84. The van der Waals surface area contributed by atoms with Gasteiger partial charge in [0, 0.05) is 16.7 Å². The molecule has 0 fully saturated rings. The highest BCUT2D eigenvalue weighted by Gasteiger charge is 2.08. The zero-order chi connectivity index (χ0) is 13.2. The lowest BCUT2D eigenvalue weighted by Crippen LogP contribution is -2.31. The van der Waals surface area contributed by atoms with Crippen molar-refractivity contribution in [3.8, 4) is 0 Å². The zero-order valence-electron chi connectivity index (χ0n) is 11.4. The Bertz CT molecular complexity index is 322. The Balaban J connectivity index is 2.39. The quantitative estimate of drug-likeness (QED) is 0.664. The van der Waals surface area contributed by atoms with Crippen LogP contribution in [0, 0.1) is 5.82 Å². The van der Waals surface area contributed by atoms with E-state index in [2.05, 4.69) is 19.2 Å². The first-order valence-electron chi connectivity index (χ1n) is 6.88. The monoisotopic (exact) mass is 269 g/mol. The van der Waals surface area contributed by atoms with Crippen LogP contribution in [0.25, 0.3) is 0 Å². The Morgan fingerprint density at radius 2 is 2.11 bits per heavy atom. The molecule has 0 bridgehead atoms. The lowest BCUT2D eigenvalue weighted by molar-refractivity contribution is 0.501. The molecular formula is C15H24FNS. The van der Waals surface area contributed by atoms with Gasteiger partial charge in [-0.05, 0) is 37.6 Å². The molecule has 1 N–H and O–H groups in total. The van der Waals surface area contributed by atoms with Gasteiger partial charge in [0.15, 0.2) is 0 Å². The van der Waals surface area contributed by atoms with Crippen LogP contribution in [0.5, 0.6) is 0 Å². The number of benzene rings is 1. The zero-order valence-corrected chi connectivity index (χ0v) is 12.2. The smallest absolute Gasteiger partial charge is 0.124 e. The van der Waals surface area contributed by atoms with Crippen LogP contribution in [0.4, 0.5) is 4.39 Å². The molecule has 0 aliphatic rings. The van der Waals surface area contributed by atoms with E-state index >= 15 is 0 Å². The van der Waals surface area contributed by atoms with Crippen LogP contribution in [0.2, 0.25) is 0 Å². The van der Waals surface area contributed by atoms with E-state index in [1.165, 1.54) is 25.3 Å². The molecule has 0 aliphatic heterocycles. The van der Waals surface area contributed by atoms with Crippen LogP contribution in [0.3, 0.4) is 0 Å². The molecule has 0 saturated carbocycles. The summed E-state index contributed by atoms with van der Waals surface area (Å²) in [6.45, 7) is 5.47. The molecule has 1 aromatic rings. The highest BCUT2D eigenvalue weighted by molar-refractivity contribution is 7.99. The summed E-state index contributed by atoms with van der Waals surface area (Å²) in [5, 5.41) is 3.57. The molecule has 0 aromatic heterocycles. The van der Waals surface area contributed by atoms with E-state index < -0.39 is 0 Å². The van der Waals surface area contributed by atoms with E-state index in [1.807, 2.05) is 6.07 Å². The first-order chi connectivity index (χ1) is 8.76. The SMILES string of the molecule is CCCCC(CSc1cccc(F)c1)NCCC. The van der Waals surface area contributed by atoms with E-state index in [4.69, 9.17) is 0 Å². The Kier molecular flexibility index (Phi) is 8.10. The second-order valence-corrected chi connectivity index (χ2v) is 5.66. The van der Waals surface area contributed by atoms with E-state index in [-0.39, 0.29) is 5.82 Å². The normalized spacial score (nSPS) is 12.6. The first kappa shape index (κ1) is 15.5. The number of rotatable bonds is 9. The van der Waals surface area contributed by atoms with Crippen LogP contribution >= 0.6 is 11.8 Å². The second-order valence-electron chi connectivity index (χ2n) is 4.56. The minimum Gasteiger partial charge on any atom is -0.313 e. The minimum atomic E-state index is -0.147. The van der Waals surface area contributed by atoms with Crippen molar-refractivity contribution >= 4 is 11.8 Å². The fraction of sp³-hybridized carbons (Fsp3) is 0.600. The van der Waals surface area contributed by atoms with E-state index in [0.29, 0.717) is 6.04 Å². The van der Waals surface area contributed by atoms with Crippen LogP contribution in [0.15, 0.2) is 29.2 Å². The molecule has 1 unspecified atom stereocenters. The summed E-state index contributed by atoms with van der Waals surface area (Å²) in [6.07, 6.45) is 4.85. The average molecular weight is 269 g/mol. The Morgan fingerprint density at radius 1 is 1.28 bits per heavy atom. The van der Waals surface area contributed by atoms with Crippen LogP contribution in [0.1, 0.15) is 39.5 Å². The van der Waals surface area contributed by atoms with Gasteiger partial charge in [0.05, 0.1) is 0 Å². The largest absolute Gasteiger partial charge is 0.313 e. The van der Waals surface area contributed by atoms with E-state index in [9.17, 15) is 4.39 Å². The van der Waals surface area contributed by atoms with Crippen molar-refractivity contribution in [2.45, 2.75) is 50.5 Å². The highest BCUT2D eigenvalue weighted by atomic mass is 32.2. The Hall–Kier alpha value is -0.540. The van der Waals surface area contributed by atoms with Crippen molar-refractivity contribution in [2.75, 3.05) is 12.3 Å². The number of unbranched alkanes of at least 4 members (excludes halogenated alkanes) is 1. The molecule has 0 heterocycles. The molecule has 0 amide bonds. The standard InChI is InChI=1S/C15H24FNS/c1-3-5-8-14(17-10-4-2)12-18-15-9-6-7-13(16)11-15/h6-7,9,11,14,17H,3-5,8,10,12H2,1-2H3. The fourth-order valence-corrected chi connectivity index (χ4v) is 2.85. The molecule has 0 radical (unpaired) electrons. The summed E-state index contributed by atoms with van der Waals surface area (Å²) in [4.78, 5) is 1.02. The van der Waals surface area contributed by atoms with Gasteiger partial charge in [0.1, 0.15) is 5.82 Å². The summed E-state index contributed by atoms with van der Waals surface area (Å²) in [5.74, 6) is 0.871. The van der Waals surface area contributed by atoms with Crippen LogP contribution in [-0.4, -0.2) is 18.3 Å². The van der Waals surface area contributed by atoms with E-state index in [0.717, 1.165) is 23.6 Å². The number of nitrogens with one attached hydrogen (secondary N) is 1. The fourth-order valence-electron chi connectivity index (χ4n) is 1.80. The third-order valence-corrected chi connectivity index (χ3v) is 3.99. The third kappa shape index (κ3) is 6.41. The van der Waals surface area contributed by atoms with Gasteiger partial charge >= 0.3 is 0 Å². The highest BCUT2D eigenvalue weighted by Crippen LogP contribution is 2.20. The van der Waals surface area contributed by atoms with Crippen molar-refractivity contribution in [1.29, 1.82) is 0 Å². The van der Waals surface area contributed by atoms with Crippen molar-refractivity contribution in [2.24, 2.45) is 0 Å². The van der Waals surface area contributed by atoms with Gasteiger partial charge in [-0.3, -0.25) is 0 Å². The maximum Gasteiger partial charge on any atom is 0.124 e. The van der Waals surface area contributed by atoms with Crippen molar-refractivity contribution in [1.82, 2.24) is 5.32 Å². The topological polar surface area (TPSA) is 12.0 Å². The number of thioether (sulfide) groups is 1. The molecule has 0 saturated heterocycles. The molecule has 1 rings (SSSR count). The van der Waals surface area contributed by atoms with E-state index in [1.54, 1.807) is 23.9 Å². The molecule has 3 heteroatoms. The summed E-state index contributed by atoms with van der Waals surface area (Å²) in [6, 6.07) is 7.40. The predicted molar refractivity (Wildman–Crippen MR) is 78.7 cm³/mol. The summed E-state index contributed by atoms with van der Waals surface area (Å²) >= 11 is 1.74. The lowest BCUT2D eigenvalue weighted by Gasteiger charge is -2.17. The van der Waals surface area contributed by atoms with Gasteiger partial charge in [-0.2, -0.15) is 0 Å². The number of hydrogen-bond donors (Lipinski definition) is 1. The molecule has 0 spiro atoms. The van der Waals surface area contributed by atoms with Crippen LogP contribution in [-0.2, 0) is 0 Å². The predicted octanol–water partition coefficient (Wildman–Crippen LogP) is 4.48. The summed E-state index contributed by atoms with van der Waals surface area (Å²) in [5.41, 5.74) is 0. The van der Waals surface area contributed by atoms with Gasteiger partial charge in [-0.1, -0.05) is 32.8 Å². The van der Waals surface area contributed by atoms with Gasteiger partial charge < -0.3 is 5.32 Å². The van der Waals surface area contributed by atoms with Crippen molar-refractivity contribution in [3.05, 3.63) is 30.1 Å². The Morgan fingerprint density at radius 3 is 2.78 bits per heavy atom. The van der Waals surface area contributed by atoms with Gasteiger partial charge in [0.25, 0.3) is 0 Å². The molecule has 1 aromatic carbocycles. The van der Waals surface area contributed by atoms with Crippen LogP contribution < -0.4 is 5.32 Å². The minimum absolute atomic E-state index is 0.147. The molecular weight excluding hydrogens is 245 g/mol. The molecule has 0 aliphatic carbocycles. The first-order valence-corrected chi connectivity index (χ1v) is 7.86. The molecule has 1 atom stereocenters. The van der Waals surface area contributed by atoms with Gasteiger partial charge in [-0.15, -0.1) is 11.8 Å². The number of hydrogen-bond acceptors (Lipinski definition) is 2. The molecule has 102 valence electrons. The maximum absolute atomic E-state index is 13.1. The average Bonchev–Trinajstić information content (AvgIpc) is 2.38. The Labute approximate surface area is 115 Å². The number of halogens is 1. The summed E-state index contributed by atoms with van der Waals surface area (Å²) in [7, 11) is 0. The maximum atomic E-state index is 13.1.